The summed E-state index contributed by atoms with van der Waals surface area (Å²) >= 11 is 0. The number of carbonyl (C=O) groups is 3. The second-order valence-electron chi connectivity index (χ2n) is 5.45. The van der Waals surface area contributed by atoms with Crippen LogP contribution in [0, 0.1) is 5.92 Å². The highest BCUT2D eigenvalue weighted by Crippen LogP contribution is 2.32. The molecule has 0 fully saturated rings. The molecule has 0 aromatic heterocycles. The molecule has 1 aliphatic rings. The predicted octanol–water partition coefficient (Wildman–Crippen LogP) is 0.339. The molecule has 0 spiro atoms. The van der Waals surface area contributed by atoms with Crippen LogP contribution in [-0.4, -0.2) is 31.1 Å². The van der Waals surface area contributed by atoms with Crippen LogP contribution < -0.4 is 25.6 Å². The normalized spacial score (nSPS) is 12.0. The number of fused-ring (bicyclic) bond motifs is 1. The maximum Gasteiger partial charge on any atom is 0.257 e. The van der Waals surface area contributed by atoms with E-state index in [0.29, 0.717) is 23.5 Å². The van der Waals surface area contributed by atoms with Crippen LogP contribution in [0.2, 0.25) is 0 Å². The number of hydrogen-bond donors (Lipinski definition) is 3. The molecule has 0 radical (unpaired) electrons. The molecule has 8 heteroatoms. The largest absolute Gasteiger partial charge is 0.454 e. The van der Waals surface area contributed by atoms with Crippen molar-refractivity contribution in [1.29, 1.82) is 0 Å². The lowest BCUT2D eigenvalue weighted by Gasteiger charge is -2.09. The monoisotopic (exact) mass is 321 g/mol. The Hall–Kier alpha value is -2.77. The fourth-order valence-corrected chi connectivity index (χ4v) is 1.91. The lowest BCUT2D eigenvalue weighted by Crippen LogP contribution is -2.46. The van der Waals surface area contributed by atoms with Gasteiger partial charge in [-0.15, -0.1) is 0 Å². The van der Waals surface area contributed by atoms with Crippen molar-refractivity contribution < 1.29 is 23.9 Å². The van der Waals surface area contributed by atoms with E-state index < -0.39 is 11.8 Å². The van der Waals surface area contributed by atoms with Crippen molar-refractivity contribution in [3.63, 3.8) is 0 Å². The predicted molar refractivity (Wildman–Crippen MR) is 80.6 cm³/mol. The van der Waals surface area contributed by atoms with Gasteiger partial charge < -0.3 is 14.8 Å². The number of hydrogen-bond acceptors (Lipinski definition) is 5. The highest BCUT2D eigenvalue weighted by molar-refractivity contribution is 5.97. The Balaban J connectivity index is 1.76. The van der Waals surface area contributed by atoms with Gasteiger partial charge in [-0.25, -0.2) is 0 Å². The molecule has 124 valence electrons. The smallest absolute Gasteiger partial charge is 0.257 e. The highest BCUT2D eigenvalue weighted by atomic mass is 16.7. The topological polar surface area (TPSA) is 106 Å². The molecular weight excluding hydrogens is 302 g/mol. The molecule has 0 saturated carbocycles. The van der Waals surface area contributed by atoms with Crippen LogP contribution in [0.4, 0.5) is 0 Å². The zero-order valence-corrected chi connectivity index (χ0v) is 13.0. The van der Waals surface area contributed by atoms with Crippen molar-refractivity contribution in [3.05, 3.63) is 23.8 Å². The van der Waals surface area contributed by atoms with Crippen molar-refractivity contribution in [2.45, 2.75) is 20.3 Å². The zero-order chi connectivity index (χ0) is 16.8. The van der Waals surface area contributed by atoms with Crippen molar-refractivity contribution >= 4 is 17.7 Å². The van der Waals surface area contributed by atoms with E-state index in [1.807, 2.05) is 13.8 Å². The molecule has 3 N–H and O–H groups in total. The molecule has 1 aromatic rings. The summed E-state index contributed by atoms with van der Waals surface area (Å²) in [6.07, 6.45) is 0.309. The van der Waals surface area contributed by atoms with Crippen LogP contribution in [0.3, 0.4) is 0 Å². The first-order chi connectivity index (χ1) is 11.0. The molecule has 23 heavy (non-hydrogen) atoms. The minimum Gasteiger partial charge on any atom is -0.454 e. The molecule has 1 aliphatic heterocycles. The molecule has 1 heterocycles. The number of hydrazine groups is 1. The minimum atomic E-state index is -0.517. The summed E-state index contributed by atoms with van der Waals surface area (Å²) in [7, 11) is 0. The Morgan fingerprint density at radius 2 is 1.78 bits per heavy atom. The summed E-state index contributed by atoms with van der Waals surface area (Å²) in [5.74, 6) is 0.0337. The van der Waals surface area contributed by atoms with Crippen molar-refractivity contribution in [2.75, 3.05) is 13.3 Å². The number of rotatable bonds is 5. The van der Waals surface area contributed by atoms with Gasteiger partial charge in [-0.05, 0) is 24.1 Å². The molecule has 3 amide bonds. The fraction of sp³-hybridized carbons (Fsp3) is 0.400. The van der Waals surface area contributed by atoms with Crippen LogP contribution in [-0.2, 0) is 9.59 Å². The van der Waals surface area contributed by atoms with Gasteiger partial charge in [-0.3, -0.25) is 25.2 Å². The van der Waals surface area contributed by atoms with E-state index in [1.165, 1.54) is 0 Å². The average molecular weight is 321 g/mol. The van der Waals surface area contributed by atoms with Gasteiger partial charge in [-0.2, -0.15) is 0 Å². The molecule has 0 atom stereocenters. The molecule has 0 bridgehead atoms. The standard InChI is InChI=1S/C15H19N3O5/c1-9(2)5-13(19)17-18-14(20)7-16-15(21)10-3-4-11-12(6-10)23-8-22-11/h3-4,6,9H,5,7-8H2,1-2H3,(H,16,21)(H,17,19)(H,18,20). The second kappa shape index (κ2) is 7.48. The summed E-state index contributed by atoms with van der Waals surface area (Å²) in [6, 6.07) is 4.74. The van der Waals surface area contributed by atoms with E-state index in [1.54, 1.807) is 18.2 Å². The first-order valence-corrected chi connectivity index (χ1v) is 7.21. The average Bonchev–Trinajstić information content (AvgIpc) is 2.97. The molecular formula is C15H19N3O5. The second-order valence-corrected chi connectivity index (χ2v) is 5.45. The number of benzene rings is 1. The Labute approximate surface area is 133 Å². The van der Waals surface area contributed by atoms with Gasteiger partial charge in [0.2, 0.25) is 12.7 Å². The van der Waals surface area contributed by atoms with Crippen LogP contribution in [0.15, 0.2) is 18.2 Å². The number of carbonyl (C=O) groups excluding carboxylic acids is 3. The number of amides is 3. The number of ether oxygens (including phenoxy) is 2. The molecule has 0 unspecified atom stereocenters. The lowest BCUT2D eigenvalue weighted by molar-refractivity contribution is -0.128. The van der Waals surface area contributed by atoms with Crippen LogP contribution in [0.25, 0.3) is 0 Å². The summed E-state index contributed by atoms with van der Waals surface area (Å²) in [5.41, 5.74) is 4.88. The van der Waals surface area contributed by atoms with Gasteiger partial charge in [0.1, 0.15) is 0 Å². The van der Waals surface area contributed by atoms with E-state index >= 15 is 0 Å². The van der Waals surface area contributed by atoms with Gasteiger partial charge in [0.05, 0.1) is 6.54 Å². The Morgan fingerprint density at radius 1 is 1.09 bits per heavy atom. The van der Waals surface area contributed by atoms with Crippen LogP contribution in [0.1, 0.15) is 30.6 Å². The van der Waals surface area contributed by atoms with E-state index in [2.05, 4.69) is 16.2 Å². The van der Waals surface area contributed by atoms with Gasteiger partial charge in [0.25, 0.3) is 11.8 Å². The van der Waals surface area contributed by atoms with Crippen LogP contribution >= 0.6 is 0 Å². The van der Waals surface area contributed by atoms with Gasteiger partial charge in [0.15, 0.2) is 11.5 Å². The van der Waals surface area contributed by atoms with Crippen molar-refractivity contribution in [1.82, 2.24) is 16.2 Å². The first-order valence-electron chi connectivity index (χ1n) is 7.21. The third kappa shape index (κ3) is 4.87. The van der Waals surface area contributed by atoms with Gasteiger partial charge in [-0.1, -0.05) is 13.8 Å². The Bertz CT molecular complexity index is 615. The molecule has 2 rings (SSSR count). The van der Waals surface area contributed by atoms with Gasteiger partial charge in [0, 0.05) is 12.0 Å². The van der Waals surface area contributed by atoms with Crippen LogP contribution in [0.5, 0.6) is 11.5 Å². The Kier molecular flexibility index (Phi) is 5.40. The summed E-state index contributed by atoms with van der Waals surface area (Å²) in [5, 5.41) is 2.46. The zero-order valence-electron chi connectivity index (χ0n) is 13.0. The summed E-state index contributed by atoms with van der Waals surface area (Å²) in [6.45, 7) is 3.66. The van der Waals surface area contributed by atoms with E-state index in [9.17, 15) is 14.4 Å². The molecule has 0 saturated heterocycles. The van der Waals surface area contributed by atoms with E-state index in [4.69, 9.17) is 9.47 Å². The molecule has 0 aliphatic carbocycles. The molecule has 1 aromatic carbocycles. The molecule has 8 nitrogen and oxygen atoms in total. The van der Waals surface area contributed by atoms with E-state index in [-0.39, 0.29) is 25.2 Å². The Morgan fingerprint density at radius 3 is 2.52 bits per heavy atom. The van der Waals surface area contributed by atoms with Crippen molar-refractivity contribution in [2.24, 2.45) is 5.92 Å². The summed E-state index contributed by atoms with van der Waals surface area (Å²) in [4.78, 5) is 34.9. The minimum absolute atomic E-state index is 0.124. The van der Waals surface area contributed by atoms with Crippen molar-refractivity contribution in [3.8, 4) is 11.5 Å². The third-order valence-corrected chi connectivity index (χ3v) is 2.98. The fourth-order valence-electron chi connectivity index (χ4n) is 1.91. The maximum atomic E-state index is 12.0. The quantitative estimate of drug-likeness (QED) is 0.678. The number of nitrogens with one attached hydrogen (secondary N) is 3. The highest BCUT2D eigenvalue weighted by Gasteiger charge is 2.16. The SMILES string of the molecule is CC(C)CC(=O)NNC(=O)CNC(=O)c1ccc2c(c1)OCO2. The lowest BCUT2D eigenvalue weighted by atomic mass is 10.1. The van der Waals surface area contributed by atoms with Gasteiger partial charge >= 0.3 is 0 Å². The van der Waals surface area contributed by atoms with E-state index in [0.717, 1.165) is 0 Å². The third-order valence-electron chi connectivity index (χ3n) is 2.98. The maximum absolute atomic E-state index is 12.0. The first kappa shape index (κ1) is 16.6. The summed E-state index contributed by atoms with van der Waals surface area (Å²) < 4.78 is 10.3.